The van der Waals surface area contributed by atoms with Crippen LogP contribution in [0.5, 0.6) is 0 Å². The lowest BCUT2D eigenvalue weighted by Gasteiger charge is -2.14. The molecule has 0 bridgehead atoms. The molecule has 0 aliphatic carbocycles. The van der Waals surface area contributed by atoms with Crippen LogP contribution in [-0.4, -0.2) is 24.5 Å². The van der Waals surface area contributed by atoms with Crippen molar-refractivity contribution in [2.75, 3.05) is 0 Å². The average Bonchev–Trinajstić information content (AvgIpc) is 3.71. The van der Waals surface area contributed by atoms with Crippen molar-refractivity contribution >= 4 is 59.1 Å². The van der Waals surface area contributed by atoms with Gasteiger partial charge in [0, 0.05) is 48.6 Å². The molecule has 236 valence electrons. The Bertz CT molecular complexity index is 2790. The van der Waals surface area contributed by atoms with Gasteiger partial charge in [0.05, 0.1) is 5.52 Å². The molecule has 0 radical (unpaired) electrons. The molecule has 0 unspecified atom stereocenters. The summed E-state index contributed by atoms with van der Waals surface area (Å²) < 4.78 is 3.51. The molecule has 4 heterocycles. The van der Waals surface area contributed by atoms with Gasteiger partial charge in [0.2, 0.25) is 0 Å². The molecule has 0 saturated carbocycles. The highest BCUT2D eigenvalue weighted by Gasteiger charge is 2.19. The molecule has 9 aromatic rings. The molecule has 0 fully saturated rings. The van der Waals surface area contributed by atoms with Crippen LogP contribution in [0.3, 0.4) is 0 Å². The number of pyridine rings is 1. The Morgan fingerprint density at radius 3 is 1.98 bits per heavy atom. The zero-order chi connectivity index (χ0) is 33.6. The molecule has 0 spiro atoms. The van der Waals surface area contributed by atoms with Gasteiger partial charge in [0.1, 0.15) is 10.5 Å². The Labute approximate surface area is 292 Å². The second-order valence-corrected chi connectivity index (χ2v) is 13.1. The van der Waals surface area contributed by atoms with Gasteiger partial charge in [-0.2, -0.15) is 0 Å². The highest BCUT2D eigenvalue weighted by Crippen LogP contribution is 2.40. The molecule has 0 aliphatic rings. The van der Waals surface area contributed by atoms with Crippen molar-refractivity contribution in [1.29, 1.82) is 0 Å². The molecule has 0 saturated heterocycles. The average molecular weight is 660 g/mol. The zero-order valence-electron chi connectivity index (χ0n) is 27.0. The number of para-hydroxylation sites is 1. The van der Waals surface area contributed by atoms with Crippen molar-refractivity contribution in [3.8, 4) is 39.6 Å². The molecular formula is C44H29N5S. The molecule has 9 rings (SSSR count). The standard InChI is InChI=1S/C44H29N5S/c1-3-15-28(4-2)40-45-41(30-18-9-6-10-19-30)47-42(46-40)32-24-31(29-16-7-5-8-17-29)25-33(26-32)49-38-22-13-11-20-34(38)36-27-37-35-21-12-14-23-39(35)50-44(37)48-43(36)49/h3-27H,1-2H2/b28-15+. The number of allylic oxidation sites excluding steroid dienone is 4. The van der Waals surface area contributed by atoms with Crippen LogP contribution < -0.4 is 0 Å². The van der Waals surface area contributed by atoms with E-state index in [1.165, 1.54) is 15.5 Å². The molecule has 50 heavy (non-hydrogen) atoms. The minimum absolute atomic E-state index is 0.529. The van der Waals surface area contributed by atoms with E-state index in [9.17, 15) is 0 Å². The van der Waals surface area contributed by atoms with E-state index in [4.69, 9.17) is 19.9 Å². The van der Waals surface area contributed by atoms with Crippen molar-refractivity contribution in [1.82, 2.24) is 24.5 Å². The Kier molecular flexibility index (Phi) is 7.22. The number of hydrogen-bond donors (Lipinski definition) is 0. The van der Waals surface area contributed by atoms with Gasteiger partial charge in [0.15, 0.2) is 17.5 Å². The summed E-state index contributed by atoms with van der Waals surface area (Å²) in [4.78, 5) is 21.4. The summed E-state index contributed by atoms with van der Waals surface area (Å²) in [5, 5.41) is 4.67. The highest BCUT2D eigenvalue weighted by atomic mass is 32.1. The Balaban J connectivity index is 1.35. The fourth-order valence-electron chi connectivity index (χ4n) is 6.66. The van der Waals surface area contributed by atoms with Gasteiger partial charge in [-0.3, -0.25) is 4.57 Å². The molecule has 0 N–H and O–H groups in total. The molecule has 5 nitrogen and oxygen atoms in total. The first kappa shape index (κ1) is 29.6. The normalized spacial score (nSPS) is 11.9. The Morgan fingerprint density at radius 2 is 1.22 bits per heavy atom. The first-order valence-corrected chi connectivity index (χ1v) is 17.2. The van der Waals surface area contributed by atoms with E-state index in [1.807, 2.05) is 42.5 Å². The minimum atomic E-state index is 0.529. The lowest BCUT2D eigenvalue weighted by molar-refractivity contribution is 1.04. The van der Waals surface area contributed by atoms with E-state index in [-0.39, 0.29) is 0 Å². The van der Waals surface area contributed by atoms with Crippen LogP contribution in [0.1, 0.15) is 5.82 Å². The fraction of sp³-hybridized carbons (Fsp3) is 0. The van der Waals surface area contributed by atoms with Gasteiger partial charge >= 0.3 is 0 Å². The first-order chi connectivity index (χ1) is 24.7. The topological polar surface area (TPSA) is 56.5 Å². The smallest absolute Gasteiger partial charge is 0.164 e. The summed E-state index contributed by atoms with van der Waals surface area (Å²) in [7, 11) is 0. The van der Waals surface area contributed by atoms with Gasteiger partial charge in [-0.25, -0.2) is 19.9 Å². The number of fused-ring (bicyclic) bond motifs is 6. The van der Waals surface area contributed by atoms with Crippen LogP contribution in [0.25, 0.3) is 87.4 Å². The summed E-state index contributed by atoms with van der Waals surface area (Å²) >= 11 is 1.73. The molecule has 4 aromatic heterocycles. The van der Waals surface area contributed by atoms with E-state index in [2.05, 4.69) is 115 Å². The molecule has 0 atom stereocenters. The van der Waals surface area contributed by atoms with E-state index in [1.54, 1.807) is 23.5 Å². The maximum absolute atomic E-state index is 5.37. The van der Waals surface area contributed by atoms with Gasteiger partial charge in [-0.15, -0.1) is 11.3 Å². The quantitative estimate of drug-likeness (QED) is 0.160. The van der Waals surface area contributed by atoms with Crippen molar-refractivity contribution in [2.45, 2.75) is 0 Å². The first-order valence-electron chi connectivity index (χ1n) is 16.4. The van der Waals surface area contributed by atoms with Gasteiger partial charge in [-0.05, 0) is 47.5 Å². The van der Waals surface area contributed by atoms with Crippen molar-refractivity contribution < 1.29 is 0 Å². The summed E-state index contributed by atoms with van der Waals surface area (Å²) in [5.41, 5.74) is 7.61. The van der Waals surface area contributed by atoms with Crippen LogP contribution in [-0.2, 0) is 0 Å². The summed E-state index contributed by atoms with van der Waals surface area (Å²) in [6, 6.07) is 46.3. The van der Waals surface area contributed by atoms with Crippen molar-refractivity contribution in [2.24, 2.45) is 0 Å². The maximum Gasteiger partial charge on any atom is 0.164 e. The van der Waals surface area contributed by atoms with Crippen LogP contribution >= 0.6 is 11.3 Å². The number of thiophene rings is 1. The highest BCUT2D eigenvalue weighted by molar-refractivity contribution is 7.25. The predicted octanol–water partition coefficient (Wildman–Crippen LogP) is 11.5. The lowest BCUT2D eigenvalue weighted by atomic mass is 10.0. The summed E-state index contributed by atoms with van der Waals surface area (Å²) in [6.07, 6.45) is 5.34. The van der Waals surface area contributed by atoms with E-state index in [0.717, 1.165) is 60.3 Å². The number of hydrogen-bond acceptors (Lipinski definition) is 5. The Morgan fingerprint density at radius 1 is 0.560 bits per heavy atom. The minimum Gasteiger partial charge on any atom is -0.294 e. The third-order valence-electron chi connectivity index (χ3n) is 8.98. The fourth-order valence-corrected chi connectivity index (χ4v) is 7.71. The second-order valence-electron chi connectivity index (χ2n) is 12.0. The molecule has 0 amide bonds. The van der Waals surface area contributed by atoms with Crippen LogP contribution in [0, 0.1) is 0 Å². The van der Waals surface area contributed by atoms with E-state index in [0.29, 0.717) is 17.5 Å². The monoisotopic (exact) mass is 659 g/mol. The molecule has 6 heteroatoms. The summed E-state index contributed by atoms with van der Waals surface area (Å²) in [6.45, 7) is 7.93. The SMILES string of the molecule is C=C/C=C(\C=C)c1nc(-c2ccccc2)nc(-c2cc(-c3ccccc3)cc(-n3c4ccccc4c4cc5c(nc43)sc3ccccc35)c2)n1. The number of benzene rings is 5. The zero-order valence-corrected chi connectivity index (χ0v) is 27.8. The van der Waals surface area contributed by atoms with E-state index < -0.39 is 0 Å². The van der Waals surface area contributed by atoms with Crippen molar-refractivity contribution in [3.05, 3.63) is 171 Å². The predicted molar refractivity (Wildman–Crippen MR) is 210 cm³/mol. The van der Waals surface area contributed by atoms with Crippen LogP contribution in [0.15, 0.2) is 165 Å². The van der Waals surface area contributed by atoms with E-state index >= 15 is 0 Å². The molecule has 0 aliphatic heterocycles. The maximum atomic E-state index is 5.37. The number of nitrogens with zero attached hydrogens (tertiary/aromatic N) is 5. The third-order valence-corrected chi connectivity index (χ3v) is 10.1. The molecular weight excluding hydrogens is 631 g/mol. The van der Waals surface area contributed by atoms with Gasteiger partial charge < -0.3 is 0 Å². The van der Waals surface area contributed by atoms with Gasteiger partial charge in [0.25, 0.3) is 0 Å². The largest absolute Gasteiger partial charge is 0.294 e. The number of rotatable bonds is 7. The van der Waals surface area contributed by atoms with Gasteiger partial charge in [-0.1, -0.05) is 128 Å². The third kappa shape index (κ3) is 5.02. The van der Waals surface area contributed by atoms with Crippen LogP contribution in [0.4, 0.5) is 0 Å². The summed E-state index contributed by atoms with van der Waals surface area (Å²) in [5.74, 6) is 1.67. The number of aromatic nitrogens is 5. The Hall–Kier alpha value is -6.50. The second kappa shape index (κ2) is 12.2. The van der Waals surface area contributed by atoms with Crippen LogP contribution in [0.2, 0.25) is 0 Å². The van der Waals surface area contributed by atoms with Crippen molar-refractivity contribution in [3.63, 3.8) is 0 Å². The lowest BCUT2D eigenvalue weighted by Crippen LogP contribution is -2.03. The molecule has 5 aromatic carbocycles.